The number of benzene rings is 2. The van der Waals surface area contributed by atoms with Gasteiger partial charge in [0.1, 0.15) is 0 Å². The van der Waals surface area contributed by atoms with Crippen LogP contribution in [-0.2, 0) is 0 Å². The second kappa shape index (κ2) is 5.43. The van der Waals surface area contributed by atoms with E-state index in [4.69, 9.17) is 6.42 Å². The van der Waals surface area contributed by atoms with E-state index in [0.29, 0.717) is 12.3 Å². The molecular weight excluding hydrogens is 270 g/mol. The van der Waals surface area contributed by atoms with Crippen molar-refractivity contribution in [2.75, 3.05) is 13.6 Å². The van der Waals surface area contributed by atoms with E-state index in [1.54, 1.807) is 0 Å². The van der Waals surface area contributed by atoms with Crippen molar-refractivity contribution in [3.8, 4) is 23.5 Å². The molecule has 3 atom stereocenters. The van der Waals surface area contributed by atoms with Crippen LogP contribution in [0.1, 0.15) is 20.3 Å². The van der Waals surface area contributed by atoms with Crippen LogP contribution in [0.4, 0.5) is 0 Å². The molecule has 0 bridgehead atoms. The van der Waals surface area contributed by atoms with Gasteiger partial charge in [0.15, 0.2) is 0 Å². The molecule has 1 aliphatic heterocycles. The third-order valence-electron chi connectivity index (χ3n) is 5.07. The van der Waals surface area contributed by atoms with Crippen molar-refractivity contribution in [2.45, 2.75) is 31.9 Å². The van der Waals surface area contributed by atoms with Gasteiger partial charge in [0, 0.05) is 13.0 Å². The van der Waals surface area contributed by atoms with Crippen LogP contribution >= 0.6 is 0 Å². The largest absolute Gasteiger partial charge is 0.393 e. The monoisotopic (exact) mass is 293 g/mol. The first kappa shape index (κ1) is 15.1. The van der Waals surface area contributed by atoms with Gasteiger partial charge in [0.25, 0.3) is 0 Å². The number of nitrogens with zero attached hydrogens (tertiary/aromatic N) is 1. The van der Waals surface area contributed by atoms with Crippen LogP contribution in [-0.4, -0.2) is 35.2 Å². The van der Waals surface area contributed by atoms with Gasteiger partial charge in [0.05, 0.1) is 11.6 Å². The number of terminal acetylenes is 1. The summed E-state index contributed by atoms with van der Waals surface area (Å²) in [4.78, 5) is 2.14. The standard InChI is InChI=1S/C10H17NO.C10H6/c1-5-10(3)6-9(12)8(2)7-11(10)4;1-2-4-9-7(3-1)5-8-6-10(8)9/h1,8-9,12H,6-7H2,2-4H3;1-6H. The van der Waals surface area contributed by atoms with Crippen LogP contribution in [0.5, 0.6) is 0 Å². The maximum atomic E-state index is 9.64. The molecule has 0 spiro atoms. The van der Waals surface area contributed by atoms with Crippen molar-refractivity contribution >= 4 is 10.8 Å². The predicted molar refractivity (Wildman–Crippen MR) is 92.6 cm³/mol. The van der Waals surface area contributed by atoms with E-state index in [-0.39, 0.29) is 11.6 Å². The Balaban J connectivity index is 0.000000132. The van der Waals surface area contributed by atoms with Gasteiger partial charge in [-0.2, -0.15) is 0 Å². The second-order valence-electron chi connectivity index (χ2n) is 6.79. The van der Waals surface area contributed by atoms with Crippen molar-refractivity contribution in [3.05, 3.63) is 36.4 Å². The molecule has 3 unspecified atom stereocenters. The molecule has 114 valence electrons. The van der Waals surface area contributed by atoms with E-state index in [2.05, 4.69) is 54.1 Å². The first-order valence-electron chi connectivity index (χ1n) is 7.85. The van der Waals surface area contributed by atoms with Crippen LogP contribution in [0.25, 0.3) is 21.9 Å². The zero-order valence-corrected chi connectivity index (χ0v) is 13.5. The molecule has 2 nitrogen and oxygen atoms in total. The molecule has 1 saturated heterocycles. The van der Waals surface area contributed by atoms with Crippen LogP contribution in [0.2, 0.25) is 0 Å². The highest BCUT2D eigenvalue weighted by Crippen LogP contribution is 2.42. The summed E-state index contributed by atoms with van der Waals surface area (Å²) < 4.78 is 0. The summed E-state index contributed by atoms with van der Waals surface area (Å²) in [6.07, 6.45) is 5.87. The SMILES string of the molecule is C#CC1(C)CC(O)C(C)CN1C.c1ccc2c3cc-3cc2c1. The van der Waals surface area contributed by atoms with Crippen LogP contribution in [0.3, 0.4) is 0 Å². The van der Waals surface area contributed by atoms with E-state index < -0.39 is 0 Å². The van der Waals surface area contributed by atoms with Crippen LogP contribution < -0.4 is 0 Å². The van der Waals surface area contributed by atoms with Crippen molar-refractivity contribution in [1.29, 1.82) is 0 Å². The molecule has 22 heavy (non-hydrogen) atoms. The number of fused-ring (bicyclic) bond motifs is 3. The normalized spacial score (nSPS) is 29.4. The zero-order chi connectivity index (χ0) is 15.9. The fraction of sp³-hybridized carbons (Fsp3) is 0.400. The molecular formula is C20H23NO. The number of likely N-dealkylation sites (tertiary alicyclic amines) is 1. The number of rotatable bonds is 0. The van der Waals surface area contributed by atoms with Gasteiger partial charge in [-0.3, -0.25) is 4.90 Å². The van der Waals surface area contributed by atoms with E-state index >= 15 is 0 Å². The van der Waals surface area contributed by atoms with Gasteiger partial charge in [0.2, 0.25) is 0 Å². The van der Waals surface area contributed by atoms with Crippen molar-refractivity contribution in [1.82, 2.24) is 4.90 Å². The number of piperidine rings is 1. The number of aliphatic hydroxyl groups excluding tert-OH is 1. The molecule has 4 rings (SSSR count). The molecule has 1 heterocycles. The molecule has 1 aromatic rings. The Morgan fingerprint density at radius 2 is 2.05 bits per heavy atom. The fourth-order valence-electron chi connectivity index (χ4n) is 3.20. The number of aliphatic hydroxyl groups is 1. The highest BCUT2D eigenvalue weighted by Gasteiger charge is 2.37. The molecule has 1 aromatic carbocycles. The Morgan fingerprint density at radius 3 is 2.73 bits per heavy atom. The van der Waals surface area contributed by atoms with Gasteiger partial charge in [-0.1, -0.05) is 37.1 Å². The first-order valence-corrected chi connectivity index (χ1v) is 7.85. The molecule has 2 heteroatoms. The summed E-state index contributed by atoms with van der Waals surface area (Å²) in [6, 6.07) is 13.0. The highest BCUT2D eigenvalue weighted by molar-refractivity contribution is 6.09. The first-order chi connectivity index (χ1) is 10.4. The molecule has 0 radical (unpaired) electrons. The molecule has 1 N–H and O–H groups in total. The predicted octanol–water partition coefficient (Wildman–Crippen LogP) is 3.53. The average Bonchev–Trinajstić information content (AvgIpc) is 3.18. The second-order valence-corrected chi connectivity index (χ2v) is 6.79. The smallest absolute Gasteiger partial charge is 0.0817 e. The molecule has 0 amide bonds. The average molecular weight is 293 g/mol. The Kier molecular flexibility index (Phi) is 3.72. The molecule has 0 aromatic heterocycles. The summed E-state index contributed by atoms with van der Waals surface area (Å²) in [5.74, 6) is 3.08. The van der Waals surface area contributed by atoms with E-state index in [9.17, 15) is 5.11 Å². The van der Waals surface area contributed by atoms with Gasteiger partial charge in [-0.25, -0.2) is 0 Å². The van der Waals surface area contributed by atoms with Gasteiger partial charge in [-0.15, -0.1) is 6.42 Å². The summed E-state index contributed by atoms with van der Waals surface area (Å²) in [6.45, 7) is 4.93. The third kappa shape index (κ3) is 2.63. The van der Waals surface area contributed by atoms with Crippen LogP contribution in [0.15, 0.2) is 36.4 Å². The minimum absolute atomic E-state index is 0.248. The maximum absolute atomic E-state index is 9.64. The van der Waals surface area contributed by atoms with Crippen molar-refractivity contribution < 1.29 is 5.11 Å². The van der Waals surface area contributed by atoms with E-state index in [1.165, 1.54) is 21.9 Å². The molecule has 0 saturated carbocycles. The van der Waals surface area contributed by atoms with E-state index in [1.807, 2.05) is 14.0 Å². The topological polar surface area (TPSA) is 23.5 Å². The lowest BCUT2D eigenvalue weighted by atomic mass is 9.83. The molecule has 2 aliphatic carbocycles. The lowest BCUT2D eigenvalue weighted by Gasteiger charge is -2.43. The Hall–Kier alpha value is -1.82. The summed E-state index contributed by atoms with van der Waals surface area (Å²) >= 11 is 0. The fourth-order valence-corrected chi connectivity index (χ4v) is 3.20. The zero-order valence-electron chi connectivity index (χ0n) is 13.5. The van der Waals surface area contributed by atoms with Gasteiger partial charge < -0.3 is 5.11 Å². The molecule has 1 fully saturated rings. The Labute approximate surface area is 132 Å². The third-order valence-corrected chi connectivity index (χ3v) is 5.07. The minimum atomic E-state index is -0.258. The van der Waals surface area contributed by atoms with Gasteiger partial charge >= 0.3 is 0 Å². The van der Waals surface area contributed by atoms with Gasteiger partial charge in [-0.05, 0) is 53.9 Å². The lowest BCUT2D eigenvalue weighted by Crippen LogP contribution is -2.53. The summed E-state index contributed by atoms with van der Waals surface area (Å²) in [5.41, 5.74) is 2.63. The Bertz CT molecular complexity index is 745. The number of hydrogen-bond donors (Lipinski definition) is 1. The highest BCUT2D eigenvalue weighted by atomic mass is 16.3. The summed E-state index contributed by atoms with van der Waals surface area (Å²) in [5, 5.41) is 12.4. The molecule has 3 aliphatic rings. The quantitative estimate of drug-likeness (QED) is 0.641. The van der Waals surface area contributed by atoms with Crippen molar-refractivity contribution in [2.24, 2.45) is 5.92 Å². The minimum Gasteiger partial charge on any atom is -0.393 e. The lowest BCUT2D eigenvalue weighted by molar-refractivity contribution is -0.00779. The van der Waals surface area contributed by atoms with Crippen LogP contribution in [0, 0.1) is 18.3 Å². The maximum Gasteiger partial charge on any atom is 0.0817 e. The van der Waals surface area contributed by atoms with E-state index in [0.717, 1.165) is 6.54 Å². The van der Waals surface area contributed by atoms with Crippen molar-refractivity contribution in [3.63, 3.8) is 0 Å². The summed E-state index contributed by atoms with van der Waals surface area (Å²) in [7, 11) is 2.02. The Morgan fingerprint density at radius 1 is 1.32 bits per heavy atom. The number of hydrogen-bond acceptors (Lipinski definition) is 2.